The molecule has 0 bridgehead atoms. The van der Waals surface area contributed by atoms with Crippen molar-refractivity contribution in [2.24, 2.45) is 11.3 Å². The van der Waals surface area contributed by atoms with E-state index in [0.717, 1.165) is 12.8 Å². The Bertz CT molecular complexity index is 789. The molecule has 1 aliphatic rings. The average Bonchev–Trinajstić information content (AvgIpc) is 2.61. The maximum atomic E-state index is 11.4. The largest absolute Gasteiger partial charge is 0.513 e. The average molecular weight is 367 g/mol. The zero-order valence-corrected chi connectivity index (χ0v) is 17.0. The second-order valence-corrected chi connectivity index (χ2v) is 8.88. The highest BCUT2D eigenvalue weighted by atomic mass is 16.7. The van der Waals surface area contributed by atoms with Crippen LogP contribution in [-0.2, 0) is 10.2 Å². The van der Waals surface area contributed by atoms with Crippen LogP contribution in [0.2, 0.25) is 0 Å². The molecule has 144 valence electrons. The molecule has 0 aliphatic heterocycles. The zero-order chi connectivity index (χ0) is 19.7. The first-order valence-electron chi connectivity index (χ1n) is 9.68. The summed E-state index contributed by atoms with van der Waals surface area (Å²) in [6.07, 6.45) is 2.77. The van der Waals surface area contributed by atoms with Gasteiger partial charge in [0.1, 0.15) is 5.75 Å². The van der Waals surface area contributed by atoms with Crippen LogP contribution < -0.4 is 4.74 Å². The number of methoxy groups -OCH3 is 1. The molecule has 0 radical (unpaired) electrons. The molecule has 2 aromatic rings. The van der Waals surface area contributed by atoms with E-state index in [1.807, 2.05) is 12.1 Å². The summed E-state index contributed by atoms with van der Waals surface area (Å²) >= 11 is 0. The van der Waals surface area contributed by atoms with Gasteiger partial charge in [0.25, 0.3) is 0 Å². The van der Waals surface area contributed by atoms with E-state index in [2.05, 4.69) is 68.8 Å². The van der Waals surface area contributed by atoms with Gasteiger partial charge in [-0.3, -0.25) is 0 Å². The first-order chi connectivity index (χ1) is 12.7. The van der Waals surface area contributed by atoms with Gasteiger partial charge in [0, 0.05) is 5.41 Å². The van der Waals surface area contributed by atoms with Crippen molar-refractivity contribution < 1.29 is 14.3 Å². The van der Waals surface area contributed by atoms with Crippen molar-refractivity contribution in [3.63, 3.8) is 0 Å². The van der Waals surface area contributed by atoms with Gasteiger partial charge in [-0.05, 0) is 60.8 Å². The van der Waals surface area contributed by atoms with Crippen LogP contribution in [0.5, 0.6) is 5.75 Å². The topological polar surface area (TPSA) is 35.5 Å². The minimum atomic E-state index is -0.691. The van der Waals surface area contributed by atoms with Gasteiger partial charge in [-0.2, -0.15) is 0 Å². The Hall–Kier alpha value is -2.29. The maximum absolute atomic E-state index is 11.4. The van der Waals surface area contributed by atoms with Gasteiger partial charge in [0.05, 0.1) is 7.11 Å². The predicted molar refractivity (Wildman–Crippen MR) is 108 cm³/mol. The number of carbonyl (C=O) groups is 1. The number of benzene rings is 2. The molecule has 3 rings (SSSR count). The zero-order valence-electron chi connectivity index (χ0n) is 17.0. The highest BCUT2D eigenvalue weighted by molar-refractivity contribution is 5.63. The fourth-order valence-electron chi connectivity index (χ4n) is 5.03. The third kappa shape index (κ3) is 4.18. The lowest BCUT2D eigenvalue weighted by Crippen LogP contribution is -2.41. The van der Waals surface area contributed by atoms with Crippen molar-refractivity contribution >= 4 is 6.16 Å². The summed E-state index contributed by atoms with van der Waals surface area (Å²) < 4.78 is 9.74. The number of hydrogen-bond donors (Lipinski definition) is 0. The van der Waals surface area contributed by atoms with E-state index >= 15 is 0 Å². The van der Waals surface area contributed by atoms with Crippen LogP contribution in [0.1, 0.15) is 56.7 Å². The van der Waals surface area contributed by atoms with E-state index < -0.39 is 6.16 Å². The third-order valence-corrected chi connectivity index (χ3v) is 5.76. The molecule has 2 aromatic carbocycles. The van der Waals surface area contributed by atoms with Crippen LogP contribution >= 0.6 is 0 Å². The van der Waals surface area contributed by atoms with Crippen LogP contribution in [0.25, 0.3) is 0 Å². The van der Waals surface area contributed by atoms with E-state index in [9.17, 15) is 4.79 Å². The van der Waals surface area contributed by atoms with E-state index in [-0.39, 0.29) is 10.8 Å². The van der Waals surface area contributed by atoms with Crippen molar-refractivity contribution in [1.29, 1.82) is 0 Å². The van der Waals surface area contributed by atoms with Gasteiger partial charge in [-0.1, -0.05) is 62.7 Å². The van der Waals surface area contributed by atoms with Gasteiger partial charge >= 0.3 is 6.16 Å². The van der Waals surface area contributed by atoms with Gasteiger partial charge in [-0.25, -0.2) is 4.79 Å². The van der Waals surface area contributed by atoms with E-state index in [1.165, 1.54) is 30.2 Å². The predicted octanol–water partition coefficient (Wildman–Crippen LogP) is 6.27. The highest BCUT2D eigenvalue weighted by Gasteiger charge is 2.45. The minimum absolute atomic E-state index is 0.0291. The Morgan fingerprint density at radius 2 is 1.52 bits per heavy atom. The van der Waals surface area contributed by atoms with Crippen LogP contribution in [0.15, 0.2) is 48.5 Å². The summed E-state index contributed by atoms with van der Waals surface area (Å²) in [6, 6.07) is 16.9. The Morgan fingerprint density at radius 3 is 2.04 bits per heavy atom. The molecule has 3 heteroatoms. The second-order valence-electron chi connectivity index (χ2n) is 8.88. The Kier molecular flexibility index (Phi) is 5.32. The standard InChI is InChI=1S/C24H30O3/c1-17-6-8-19(9-7-17)24(15-18(2)14-23(3,4)16-24)20-10-12-21(13-11-20)27-22(25)26-5/h6-13,18H,14-16H2,1-5H3. The van der Waals surface area contributed by atoms with Crippen molar-refractivity contribution in [2.75, 3.05) is 7.11 Å². The molecule has 3 nitrogen and oxygen atoms in total. The first-order valence-corrected chi connectivity index (χ1v) is 9.68. The molecule has 0 saturated heterocycles. The normalized spacial score (nSPS) is 24.3. The molecule has 1 saturated carbocycles. The summed E-state index contributed by atoms with van der Waals surface area (Å²) in [5.41, 5.74) is 4.17. The SMILES string of the molecule is COC(=O)Oc1ccc(C2(c3ccc(C)cc3)CC(C)CC(C)(C)C2)cc1. The third-order valence-electron chi connectivity index (χ3n) is 5.76. The number of hydrogen-bond acceptors (Lipinski definition) is 3. The smallest absolute Gasteiger partial charge is 0.437 e. The molecule has 0 N–H and O–H groups in total. The maximum Gasteiger partial charge on any atom is 0.513 e. The van der Waals surface area contributed by atoms with Crippen molar-refractivity contribution in [1.82, 2.24) is 0 Å². The molecule has 2 unspecified atom stereocenters. The van der Waals surface area contributed by atoms with Crippen molar-refractivity contribution in [3.05, 3.63) is 65.2 Å². The molecular formula is C24H30O3. The second kappa shape index (κ2) is 7.38. The molecule has 2 atom stereocenters. The van der Waals surface area contributed by atoms with E-state index in [0.29, 0.717) is 11.7 Å². The number of rotatable bonds is 3. The van der Waals surface area contributed by atoms with E-state index in [1.54, 1.807) is 0 Å². The van der Waals surface area contributed by atoms with Crippen LogP contribution in [0, 0.1) is 18.3 Å². The molecule has 27 heavy (non-hydrogen) atoms. The van der Waals surface area contributed by atoms with Gasteiger partial charge in [0.2, 0.25) is 0 Å². The molecule has 0 heterocycles. The van der Waals surface area contributed by atoms with Gasteiger partial charge < -0.3 is 9.47 Å². The number of carbonyl (C=O) groups excluding carboxylic acids is 1. The summed E-state index contributed by atoms with van der Waals surface area (Å²) in [4.78, 5) is 11.4. The first kappa shape index (κ1) is 19.5. The molecule has 0 aromatic heterocycles. The fraction of sp³-hybridized carbons (Fsp3) is 0.458. The van der Waals surface area contributed by atoms with Gasteiger partial charge in [0.15, 0.2) is 0 Å². The molecule has 0 spiro atoms. The quantitative estimate of drug-likeness (QED) is 0.474. The lowest BCUT2D eigenvalue weighted by Gasteiger charge is -2.48. The molecular weight excluding hydrogens is 336 g/mol. The summed E-state index contributed by atoms with van der Waals surface area (Å²) in [6.45, 7) is 9.24. The molecule has 1 aliphatic carbocycles. The van der Waals surface area contributed by atoms with Gasteiger partial charge in [-0.15, -0.1) is 0 Å². The molecule has 0 amide bonds. The Labute approximate surface area is 162 Å². The Balaban J connectivity index is 2.05. The highest BCUT2D eigenvalue weighted by Crippen LogP contribution is 2.53. The number of aryl methyl sites for hydroxylation is 1. The Morgan fingerprint density at radius 1 is 0.963 bits per heavy atom. The summed E-state index contributed by atoms with van der Waals surface area (Å²) in [7, 11) is 1.31. The van der Waals surface area contributed by atoms with E-state index in [4.69, 9.17) is 4.74 Å². The molecule has 1 fully saturated rings. The van der Waals surface area contributed by atoms with Crippen LogP contribution in [0.3, 0.4) is 0 Å². The monoisotopic (exact) mass is 366 g/mol. The summed E-state index contributed by atoms with van der Waals surface area (Å²) in [5.74, 6) is 1.15. The fourth-order valence-corrected chi connectivity index (χ4v) is 5.03. The van der Waals surface area contributed by atoms with Crippen molar-refractivity contribution in [2.45, 2.75) is 52.4 Å². The van der Waals surface area contributed by atoms with Crippen LogP contribution in [-0.4, -0.2) is 13.3 Å². The summed E-state index contributed by atoms with van der Waals surface area (Å²) in [5, 5.41) is 0. The lowest BCUT2D eigenvalue weighted by atomic mass is 9.55. The lowest BCUT2D eigenvalue weighted by molar-refractivity contribution is 0.121. The van der Waals surface area contributed by atoms with Crippen molar-refractivity contribution in [3.8, 4) is 5.75 Å². The number of ether oxygens (including phenoxy) is 2. The van der Waals surface area contributed by atoms with Crippen LogP contribution in [0.4, 0.5) is 4.79 Å². The minimum Gasteiger partial charge on any atom is -0.437 e.